The third-order valence-electron chi connectivity index (χ3n) is 3.25. The van der Waals surface area contributed by atoms with E-state index in [2.05, 4.69) is 10.3 Å². The van der Waals surface area contributed by atoms with Crippen molar-refractivity contribution in [2.24, 2.45) is 0 Å². The standard InChI is InChI=1S/C15H18ClN3O/c1-3-19(4-2)15(20)10-18-13-7-8-17-14-9-11(16)5-6-12(13)14/h5-9H,3-4,10H2,1-2H3,(H,17,18). The molecule has 0 spiro atoms. The fourth-order valence-corrected chi connectivity index (χ4v) is 2.30. The summed E-state index contributed by atoms with van der Waals surface area (Å²) in [7, 11) is 0. The van der Waals surface area contributed by atoms with Crippen LogP contribution < -0.4 is 5.32 Å². The molecule has 0 bridgehead atoms. The largest absolute Gasteiger partial charge is 0.376 e. The second-order valence-corrected chi connectivity index (χ2v) is 4.88. The molecule has 1 amide bonds. The maximum Gasteiger partial charge on any atom is 0.241 e. The van der Waals surface area contributed by atoms with Gasteiger partial charge in [0.2, 0.25) is 5.91 Å². The van der Waals surface area contributed by atoms with Crippen molar-refractivity contribution in [1.29, 1.82) is 0 Å². The summed E-state index contributed by atoms with van der Waals surface area (Å²) < 4.78 is 0. The number of halogens is 1. The molecule has 0 aliphatic rings. The van der Waals surface area contributed by atoms with E-state index in [1.165, 1.54) is 0 Å². The van der Waals surface area contributed by atoms with Crippen molar-refractivity contribution in [2.45, 2.75) is 13.8 Å². The minimum absolute atomic E-state index is 0.0916. The first-order chi connectivity index (χ1) is 9.65. The zero-order valence-electron chi connectivity index (χ0n) is 11.7. The Hall–Kier alpha value is -1.81. The number of benzene rings is 1. The van der Waals surface area contributed by atoms with Gasteiger partial charge in [-0.1, -0.05) is 11.6 Å². The van der Waals surface area contributed by atoms with E-state index in [1.807, 2.05) is 38.1 Å². The quantitative estimate of drug-likeness (QED) is 0.920. The van der Waals surface area contributed by atoms with Crippen molar-refractivity contribution >= 4 is 34.1 Å². The van der Waals surface area contributed by atoms with Crippen LogP contribution in [0, 0.1) is 0 Å². The van der Waals surface area contributed by atoms with Crippen LogP contribution >= 0.6 is 11.6 Å². The molecule has 1 aromatic carbocycles. The van der Waals surface area contributed by atoms with Gasteiger partial charge >= 0.3 is 0 Å². The molecule has 4 nitrogen and oxygen atoms in total. The summed E-state index contributed by atoms with van der Waals surface area (Å²) in [6, 6.07) is 7.41. The molecule has 1 N–H and O–H groups in total. The van der Waals surface area contributed by atoms with E-state index >= 15 is 0 Å². The molecule has 1 heterocycles. The van der Waals surface area contributed by atoms with Crippen molar-refractivity contribution in [3.8, 4) is 0 Å². The van der Waals surface area contributed by atoms with Crippen LogP contribution in [0.15, 0.2) is 30.5 Å². The molecule has 2 aromatic rings. The van der Waals surface area contributed by atoms with E-state index in [1.54, 1.807) is 11.1 Å². The van der Waals surface area contributed by atoms with Crippen LogP contribution in [-0.4, -0.2) is 35.4 Å². The predicted octanol–water partition coefficient (Wildman–Crippen LogP) is 3.17. The average Bonchev–Trinajstić information content (AvgIpc) is 2.45. The lowest BCUT2D eigenvalue weighted by molar-refractivity contribution is -0.128. The second-order valence-electron chi connectivity index (χ2n) is 4.44. The van der Waals surface area contributed by atoms with E-state index < -0.39 is 0 Å². The number of nitrogens with zero attached hydrogens (tertiary/aromatic N) is 2. The molecular weight excluding hydrogens is 274 g/mol. The van der Waals surface area contributed by atoms with Crippen molar-refractivity contribution in [3.05, 3.63) is 35.5 Å². The first-order valence-corrected chi connectivity index (χ1v) is 7.09. The maximum atomic E-state index is 12.0. The van der Waals surface area contributed by atoms with Crippen LogP contribution in [0.3, 0.4) is 0 Å². The fraction of sp³-hybridized carbons (Fsp3) is 0.333. The van der Waals surface area contributed by atoms with Crippen molar-refractivity contribution in [2.75, 3.05) is 25.0 Å². The van der Waals surface area contributed by atoms with Crippen LogP contribution in [-0.2, 0) is 4.79 Å². The second kappa shape index (κ2) is 6.57. The molecule has 2 rings (SSSR count). The Balaban J connectivity index is 2.16. The summed E-state index contributed by atoms with van der Waals surface area (Å²) in [5, 5.41) is 4.80. The summed E-state index contributed by atoms with van der Waals surface area (Å²) in [5.41, 5.74) is 1.71. The van der Waals surface area contributed by atoms with Crippen molar-refractivity contribution < 1.29 is 4.79 Å². The number of rotatable bonds is 5. The molecule has 0 aliphatic heterocycles. The lowest BCUT2D eigenvalue weighted by Crippen LogP contribution is -2.35. The van der Waals surface area contributed by atoms with Gasteiger partial charge in [0.1, 0.15) is 0 Å². The SMILES string of the molecule is CCN(CC)C(=O)CNc1ccnc2cc(Cl)ccc12. The zero-order chi connectivity index (χ0) is 14.5. The van der Waals surface area contributed by atoms with Gasteiger partial charge in [0, 0.05) is 35.4 Å². The van der Waals surface area contributed by atoms with Gasteiger partial charge < -0.3 is 10.2 Å². The molecule has 106 valence electrons. The number of hydrogen-bond acceptors (Lipinski definition) is 3. The Kier molecular flexibility index (Phi) is 4.79. The minimum atomic E-state index is 0.0916. The third-order valence-corrected chi connectivity index (χ3v) is 3.49. The normalized spacial score (nSPS) is 10.6. The first-order valence-electron chi connectivity index (χ1n) is 6.71. The number of carbonyl (C=O) groups excluding carboxylic acids is 1. The minimum Gasteiger partial charge on any atom is -0.376 e. The molecular formula is C15H18ClN3O. The molecule has 5 heteroatoms. The molecule has 20 heavy (non-hydrogen) atoms. The molecule has 0 saturated carbocycles. The number of hydrogen-bond donors (Lipinski definition) is 1. The molecule has 0 aliphatic carbocycles. The van der Waals surface area contributed by atoms with Crippen molar-refractivity contribution in [1.82, 2.24) is 9.88 Å². The molecule has 0 saturated heterocycles. The summed E-state index contributed by atoms with van der Waals surface area (Å²) >= 11 is 5.96. The monoisotopic (exact) mass is 291 g/mol. The smallest absolute Gasteiger partial charge is 0.241 e. The molecule has 0 radical (unpaired) electrons. The number of carbonyl (C=O) groups is 1. The number of anilines is 1. The van der Waals surface area contributed by atoms with Crippen LogP contribution in [0.2, 0.25) is 5.02 Å². The van der Waals surface area contributed by atoms with Gasteiger partial charge in [-0.05, 0) is 38.1 Å². The average molecular weight is 292 g/mol. The number of nitrogens with one attached hydrogen (secondary N) is 1. The lowest BCUT2D eigenvalue weighted by Gasteiger charge is -2.19. The van der Waals surface area contributed by atoms with Gasteiger partial charge in [-0.2, -0.15) is 0 Å². The Bertz CT molecular complexity index is 611. The highest BCUT2D eigenvalue weighted by Gasteiger charge is 2.10. The number of fused-ring (bicyclic) bond motifs is 1. The van der Waals surface area contributed by atoms with Crippen LogP contribution in [0.4, 0.5) is 5.69 Å². The van der Waals surface area contributed by atoms with Crippen LogP contribution in [0.25, 0.3) is 10.9 Å². The lowest BCUT2D eigenvalue weighted by atomic mass is 10.2. The van der Waals surface area contributed by atoms with E-state index in [4.69, 9.17) is 11.6 Å². The highest BCUT2D eigenvalue weighted by atomic mass is 35.5. The summed E-state index contributed by atoms with van der Waals surface area (Å²) in [5.74, 6) is 0.0916. The molecule has 0 unspecified atom stereocenters. The topological polar surface area (TPSA) is 45.2 Å². The third kappa shape index (κ3) is 3.20. The van der Waals surface area contributed by atoms with Crippen LogP contribution in [0.5, 0.6) is 0 Å². The predicted molar refractivity (Wildman–Crippen MR) is 83.2 cm³/mol. The van der Waals surface area contributed by atoms with Crippen LogP contribution in [0.1, 0.15) is 13.8 Å². The Morgan fingerprint density at radius 3 is 2.75 bits per heavy atom. The van der Waals surface area contributed by atoms with Crippen molar-refractivity contribution in [3.63, 3.8) is 0 Å². The Morgan fingerprint density at radius 1 is 1.30 bits per heavy atom. The van der Waals surface area contributed by atoms with Gasteiger partial charge in [-0.25, -0.2) is 0 Å². The molecule has 0 atom stereocenters. The summed E-state index contributed by atoms with van der Waals surface area (Å²) in [6.07, 6.45) is 1.71. The van der Waals surface area contributed by atoms with E-state index in [-0.39, 0.29) is 12.5 Å². The van der Waals surface area contributed by atoms with E-state index in [0.717, 1.165) is 29.7 Å². The number of amides is 1. The molecule has 1 aromatic heterocycles. The summed E-state index contributed by atoms with van der Waals surface area (Å²) in [6.45, 7) is 5.69. The van der Waals surface area contributed by atoms with Gasteiger partial charge in [-0.15, -0.1) is 0 Å². The highest BCUT2D eigenvalue weighted by molar-refractivity contribution is 6.31. The Labute approximate surface area is 123 Å². The fourth-order valence-electron chi connectivity index (χ4n) is 2.13. The van der Waals surface area contributed by atoms with E-state index in [0.29, 0.717) is 5.02 Å². The van der Waals surface area contributed by atoms with Gasteiger partial charge in [-0.3, -0.25) is 9.78 Å². The number of pyridine rings is 1. The Morgan fingerprint density at radius 2 is 2.05 bits per heavy atom. The highest BCUT2D eigenvalue weighted by Crippen LogP contribution is 2.24. The van der Waals surface area contributed by atoms with Gasteiger partial charge in [0.15, 0.2) is 0 Å². The number of likely N-dealkylation sites (N-methyl/N-ethyl adjacent to an activating group) is 1. The summed E-state index contributed by atoms with van der Waals surface area (Å²) in [4.78, 5) is 18.1. The first kappa shape index (κ1) is 14.6. The van der Waals surface area contributed by atoms with Gasteiger partial charge in [0.05, 0.1) is 12.1 Å². The number of aromatic nitrogens is 1. The zero-order valence-corrected chi connectivity index (χ0v) is 12.4. The molecule has 0 fully saturated rings. The van der Waals surface area contributed by atoms with Gasteiger partial charge in [0.25, 0.3) is 0 Å². The maximum absolute atomic E-state index is 12.0. The van der Waals surface area contributed by atoms with E-state index in [9.17, 15) is 4.79 Å².